The van der Waals surface area contributed by atoms with Gasteiger partial charge in [-0.2, -0.15) is 0 Å². The molecule has 116 valence electrons. The highest BCUT2D eigenvalue weighted by Crippen LogP contribution is 2.30. The van der Waals surface area contributed by atoms with Crippen molar-refractivity contribution in [3.05, 3.63) is 24.3 Å². The summed E-state index contributed by atoms with van der Waals surface area (Å²) in [5.41, 5.74) is 6.02. The minimum atomic E-state index is -3.35. The number of hydrogen-bond donors (Lipinski definition) is 2. The Morgan fingerprint density at radius 3 is 2.43 bits per heavy atom. The highest BCUT2D eigenvalue weighted by Gasteiger charge is 2.26. The third kappa shape index (κ3) is 4.04. The Kier molecular flexibility index (Phi) is 5.00. The van der Waals surface area contributed by atoms with Crippen LogP contribution in [0.15, 0.2) is 29.2 Å². The van der Waals surface area contributed by atoms with Crippen LogP contribution in [0.25, 0.3) is 0 Å². The molecule has 21 heavy (non-hydrogen) atoms. The molecule has 1 aromatic carbocycles. The molecule has 1 amide bonds. The molecule has 0 spiro atoms. The van der Waals surface area contributed by atoms with Crippen molar-refractivity contribution >= 4 is 21.4 Å². The Labute approximate surface area is 125 Å². The lowest BCUT2D eigenvalue weighted by Gasteiger charge is -2.27. The largest absolute Gasteiger partial charge is 0.330 e. The zero-order valence-corrected chi connectivity index (χ0v) is 13.0. The van der Waals surface area contributed by atoms with Crippen molar-refractivity contribution in [2.75, 3.05) is 18.1 Å². The molecule has 0 bridgehead atoms. The van der Waals surface area contributed by atoms with Gasteiger partial charge in [-0.25, -0.2) is 8.42 Å². The topological polar surface area (TPSA) is 89.3 Å². The summed E-state index contributed by atoms with van der Waals surface area (Å²) in [6.07, 6.45) is 4.69. The Bertz CT molecular complexity index is 605. The number of carbonyl (C=O) groups excluding carboxylic acids is 1. The minimum absolute atomic E-state index is 0.0552. The van der Waals surface area contributed by atoms with E-state index in [1.54, 1.807) is 18.2 Å². The summed E-state index contributed by atoms with van der Waals surface area (Å²) >= 11 is 0. The van der Waals surface area contributed by atoms with E-state index in [0.717, 1.165) is 31.9 Å². The van der Waals surface area contributed by atoms with Gasteiger partial charge in [0.1, 0.15) is 0 Å². The quantitative estimate of drug-likeness (QED) is 0.887. The molecule has 6 heteroatoms. The number of nitrogens with two attached hydrogens (primary N) is 1. The lowest BCUT2D eigenvalue weighted by molar-refractivity contribution is -0.121. The highest BCUT2D eigenvalue weighted by atomic mass is 32.2. The number of nitrogens with one attached hydrogen (secondary N) is 1. The third-order valence-electron chi connectivity index (χ3n) is 4.10. The standard InChI is InChI=1S/C15H22N2O3S/c1-21(19,20)14-5-3-2-4-13(14)17-15(18)12-8-6-11(10-16)7-9-12/h2-5,11-12H,6-10,16H2,1H3,(H,17,18). The zero-order chi connectivity index (χ0) is 15.5. The van der Waals surface area contributed by atoms with Gasteiger partial charge in [0.2, 0.25) is 5.91 Å². The number of carbonyl (C=O) groups is 1. The number of benzene rings is 1. The Hall–Kier alpha value is -1.40. The van der Waals surface area contributed by atoms with Crippen molar-refractivity contribution in [3.8, 4) is 0 Å². The first-order valence-corrected chi connectivity index (χ1v) is 9.11. The van der Waals surface area contributed by atoms with Crippen LogP contribution in [0.2, 0.25) is 0 Å². The zero-order valence-electron chi connectivity index (χ0n) is 12.2. The molecule has 0 radical (unpaired) electrons. The van der Waals surface area contributed by atoms with E-state index in [-0.39, 0.29) is 16.7 Å². The summed E-state index contributed by atoms with van der Waals surface area (Å²) in [7, 11) is -3.35. The van der Waals surface area contributed by atoms with Gasteiger partial charge in [-0.15, -0.1) is 0 Å². The average molecular weight is 310 g/mol. The number of sulfone groups is 1. The average Bonchev–Trinajstić information content (AvgIpc) is 2.47. The molecule has 0 saturated heterocycles. The monoisotopic (exact) mass is 310 g/mol. The van der Waals surface area contributed by atoms with Crippen molar-refractivity contribution < 1.29 is 13.2 Å². The van der Waals surface area contributed by atoms with Gasteiger partial charge in [-0.1, -0.05) is 12.1 Å². The van der Waals surface area contributed by atoms with E-state index in [2.05, 4.69) is 5.32 Å². The predicted octanol–water partition coefficient (Wildman–Crippen LogP) is 1.79. The molecular formula is C15H22N2O3S. The van der Waals surface area contributed by atoms with E-state index in [4.69, 9.17) is 5.73 Å². The predicted molar refractivity (Wildman–Crippen MR) is 82.7 cm³/mol. The Balaban J connectivity index is 2.07. The minimum Gasteiger partial charge on any atom is -0.330 e. The molecule has 1 saturated carbocycles. The van der Waals surface area contributed by atoms with Gasteiger partial charge < -0.3 is 11.1 Å². The van der Waals surface area contributed by atoms with Gasteiger partial charge in [-0.05, 0) is 50.3 Å². The van der Waals surface area contributed by atoms with E-state index >= 15 is 0 Å². The van der Waals surface area contributed by atoms with Crippen LogP contribution < -0.4 is 11.1 Å². The second kappa shape index (κ2) is 6.58. The van der Waals surface area contributed by atoms with E-state index in [1.807, 2.05) is 0 Å². The van der Waals surface area contributed by atoms with Crippen LogP contribution in [0.1, 0.15) is 25.7 Å². The number of hydrogen-bond acceptors (Lipinski definition) is 4. The molecule has 3 N–H and O–H groups in total. The van der Waals surface area contributed by atoms with Gasteiger partial charge in [0.25, 0.3) is 0 Å². The molecule has 1 fully saturated rings. The fourth-order valence-corrected chi connectivity index (χ4v) is 3.63. The smallest absolute Gasteiger partial charge is 0.227 e. The van der Waals surface area contributed by atoms with E-state index in [0.29, 0.717) is 18.2 Å². The first-order chi connectivity index (χ1) is 9.91. The van der Waals surface area contributed by atoms with Crippen LogP contribution in [0.5, 0.6) is 0 Å². The summed E-state index contributed by atoms with van der Waals surface area (Å²) in [6, 6.07) is 6.50. The van der Waals surface area contributed by atoms with E-state index in [1.165, 1.54) is 6.07 Å². The number of anilines is 1. The summed E-state index contributed by atoms with van der Waals surface area (Å²) in [5.74, 6) is 0.361. The molecule has 0 unspecified atom stereocenters. The van der Waals surface area contributed by atoms with Crippen LogP contribution in [0.4, 0.5) is 5.69 Å². The van der Waals surface area contributed by atoms with Crippen LogP contribution in [-0.2, 0) is 14.6 Å². The molecular weight excluding hydrogens is 288 g/mol. The van der Waals surface area contributed by atoms with Crippen LogP contribution in [0, 0.1) is 11.8 Å². The normalized spacial score (nSPS) is 22.8. The van der Waals surface area contributed by atoms with Crippen LogP contribution in [-0.4, -0.2) is 27.1 Å². The summed E-state index contributed by atoms with van der Waals surface area (Å²) < 4.78 is 23.5. The summed E-state index contributed by atoms with van der Waals surface area (Å²) in [5, 5.41) is 2.77. The maximum Gasteiger partial charge on any atom is 0.227 e. The van der Waals surface area contributed by atoms with E-state index in [9.17, 15) is 13.2 Å². The maximum atomic E-state index is 12.3. The number of amides is 1. The first-order valence-electron chi connectivity index (χ1n) is 7.22. The van der Waals surface area contributed by atoms with Crippen molar-refractivity contribution in [1.29, 1.82) is 0 Å². The fourth-order valence-electron chi connectivity index (χ4n) is 2.79. The van der Waals surface area contributed by atoms with Gasteiger partial charge in [0.15, 0.2) is 9.84 Å². The summed E-state index contributed by atoms with van der Waals surface area (Å²) in [6.45, 7) is 0.672. The second-order valence-corrected chi connectivity index (χ2v) is 7.70. The molecule has 1 aliphatic carbocycles. The van der Waals surface area contributed by atoms with Crippen molar-refractivity contribution in [3.63, 3.8) is 0 Å². The van der Waals surface area contributed by atoms with Gasteiger partial charge in [-0.3, -0.25) is 4.79 Å². The molecule has 1 aliphatic rings. The van der Waals surface area contributed by atoms with Crippen molar-refractivity contribution in [2.45, 2.75) is 30.6 Å². The molecule has 0 aromatic heterocycles. The fraction of sp³-hybridized carbons (Fsp3) is 0.533. The lowest BCUT2D eigenvalue weighted by atomic mass is 9.81. The van der Waals surface area contributed by atoms with Gasteiger partial charge >= 0.3 is 0 Å². The molecule has 0 aliphatic heterocycles. The summed E-state index contributed by atoms with van der Waals surface area (Å²) in [4.78, 5) is 12.5. The molecule has 0 atom stereocenters. The highest BCUT2D eigenvalue weighted by molar-refractivity contribution is 7.90. The molecule has 5 nitrogen and oxygen atoms in total. The number of para-hydroxylation sites is 1. The van der Waals surface area contributed by atoms with Crippen molar-refractivity contribution in [2.24, 2.45) is 17.6 Å². The Morgan fingerprint density at radius 2 is 1.86 bits per heavy atom. The van der Waals surface area contributed by atoms with Crippen LogP contribution >= 0.6 is 0 Å². The van der Waals surface area contributed by atoms with Gasteiger partial charge in [0, 0.05) is 12.2 Å². The van der Waals surface area contributed by atoms with Gasteiger partial charge in [0.05, 0.1) is 10.6 Å². The van der Waals surface area contributed by atoms with E-state index < -0.39 is 9.84 Å². The van der Waals surface area contributed by atoms with Crippen LogP contribution in [0.3, 0.4) is 0 Å². The molecule has 2 rings (SSSR count). The second-order valence-electron chi connectivity index (χ2n) is 5.71. The molecule has 1 aromatic rings. The Morgan fingerprint density at radius 1 is 1.24 bits per heavy atom. The third-order valence-corrected chi connectivity index (χ3v) is 5.25. The lowest BCUT2D eigenvalue weighted by Crippen LogP contribution is -2.29. The first kappa shape index (κ1) is 16.0. The maximum absolute atomic E-state index is 12.3. The van der Waals surface area contributed by atoms with Crippen molar-refractivity contribution in [1.82, 2.24) is 0 Å². The molecule has 0 heterocycles. The SMILES string of the molecule is CS(=O)(=O)c1ccccc1NC(=O)C1CCC(CN)CC1. The number of rotatable bonds is 4.